The molecule has 8 heavy (non-hydrogen) atoms. The summed E-state index contributed by atoms with van der Waals surface area (Å²) in [5.41, 5.74) is 0. The Morgan fingerprint density at radius 2 is 2.00 bits per heavy atom. The van der Waals surface area contributed by atoms with E-state index in [1.807, 2.05) is 0 Å². The fourth-order valence-corrected chi connectivity index (χ4v) is 0.348. The second-order valence-electron chi connectivity index (χ2n) is 1.42. The molecule has 0 heterocycles. The van der Waals surface area contributed by atoms with Gasteiger partial charge in [0.25, 0.3) is 0 Å². The highest BCUT2D eigenvalue weighted by Gasteiger charge is 1.96. The SMILES string of the molecule is C=NN(OC)N(C)C. The second-order valence-corrected chi connectivity index (χ2v) is 1.42. The molecule has 0 atom stereocenters. The first-order valence-corrected chi connectivity index (χ1v) is 2.20. The van der Waals surface area contributed by atoms with Gasteiger partial charge in [0.1, 0.15) is 0 Å². The highest BCUT2D eigenvalue weighted by atomic mass is 16.7. The minimum Gasteiger partial charge on any atom is -0.245 e. The molecule has 0 unspecified atom stereocenters. The quantitative estimate of drug-likeness (QED) is 0.383. The zero-order valence-electron chi connectivity index (χ0n) is 5.46. The molecular formula is C4H11N3O. The van der Waals surface area contributed by atoms with E-state index in [0.29, 0.717) is 0 Å². The molecule has 0 aromatic heterocycles. The van der Waals surface area contributed by atoms with Crippen molar-refractivity contribution in [2.24, 2.45) is 5.10 Å². The van der Waals surface area contributed by atoms with Gasteiger partial charge < -0.3 is 0 Å². The molecule has 0 spiro atoms. The monoisotopic (exact) mass is 117 g/mol. The Morgan fingerprint density at radius 3 is 2.00 bits per heavy atom. The number of hydrazone groups is 1. The molecule has 0 bridgehead atoms. The van der Waals surface area contributed by atoms with Crippen molar-refractivity contribution in [3.8, 4) is 0 Å². The summed E-state index contributed by atoms with van der Waals surface area (Å²) < 4.78 is 0. The van der Waals surface area contributed by atoms with Crippen LogP contribution in [0.2, 0.25) is 0 Å². The van der Waals surface area contributed by atoms with E-state index in [9.17, 15) is 0 Å². The second kappa shape index (κ2) is 3.40. The van der Waals surface area contributed by atoms with E-state index in [2.05, 4.69) is 11.8 Å². The third kappa shape index (κ3) is 1.90. The molecule has 0 fully saturated rings. The fourth-order valence-electron chi connectivity index (χ4n) is 0.348. The Balaban J connectivity index is 3.51. The van der Waals surface area contributed by atoms with Gasteiger partial charge in [0.2, 0.25) is 0 Å². The smallest absolute Gasteiger partial charge is 0.0673 e. The Kier molecular flexibility index (Phi) is 3.14. The van der Waals surface area contributed by atoms with Gasteiger partial charge in [-0.05, 0) is 0 Å². The highest BCUT2D eigenvalue weighted by Crippen LogP contribution is 1.87. The lowest BCUT2D eigenvalue weighted by Crippen LogP contribution is -2.30. The molecule has 0 N–H and O–H groups in total. The molecule has 0 radical (unpaired) electrons. The van der Waals surface area contributed by atoms with Crippen molar-refractivity contribution in [2.75, 3.05) is 21.2 Å². The average molecular weight is 117 g/mol. The lowest BCUT2D eigenvalue weighted by Gasteiger charge is -2.20. The molecule has 0 aromatic rings. The lowest BCUT2D eigenvalue weighted by atomic mass is 11.2. The Labute approximate surface area is 49.3 Å². The van der Waals surface area contributed by atoms with Gasteiger partial charge in [-0.15, -0.1) is 0 Å². The lowest BCUT2D eigenvalue weighted by molar-refractivity contribution is -0.249. The third-order valence-electron chi connectivity index (χ3n) is 0.626. The molecule has 48 valence electrons. The summed E-state index contributed by atoms with van der Waals surface area (Å²) in [5.74, 6) is 0. The largest absolute Gasteiger partial charge is 0.245 e. The van der Waals surface area contributed by atoms with E-state index < -0.39 is 0 Å². The standard InChI is InChI=1S/C4H11N3O/c1-5-7(8-4)6(2)3/h1H2,2-4H3. The van der Waals surface area contributed by atoms with Crippen molar-refractivity contribution in [1.29, 1.82) is 0 Å². The number of rotatable bonds is 3. The summed E-state index contributed by atoms with van der Waals surface area (Å²) in [7, 11) is 5.13. The van der Waals surface area contributed by atoms with Gasteiger partial charge >= 0.3 is 0 Å². The van der Waals surface area contributed by atoms with Crippen molar-refractivity contribution in [2.45, 2.75) is 0 Å². The summed E-state index contributed by atoms with van der Waals surface area (Å²) in [6, 6.07) is 0. The van der Waals surface area contributed by atoms with Crippen LogP contribution in [0.4, 0.5) is 0 Å². The van der Waals surface area contributed by atoms with Crippen LogP contribution in [-0.4, -0.2) is 38.2 Å². The predicted molar refractivity (Wildman–Crippen MR) is 32.1 cm³/mol. The van der Waals surface area contributed by atoms with Crippen LogP contribution in [-0.2, 0) is 4.84 Å². The molecule has 4 nitrogen and oxygen atoms in total. The van der Waals surface area contributed by atoms with Gasteiger partial charge in [0.05, 0.1) is 7.11 Å². The fraction of sp³-hybridized carbons (Fsp3) is 0.750. The van der Waals surface area contributed by atoms with Crippen LogP contribution >= 0.6 is 0 Å². The van der Waals surface area contributed by atoms with E-state index in [1.165, 1.54) is 12.4 Å². The van der Waals surface area contributed by atoms with Crippen LogP contribution in [0.5, 0.6) is 0 Å². The third-order valence-corrected chi connectivity index (χ3v) is 0.626. The van der Waals surface area contributed by atoms with Gasteiger partial charge in [-0.3, -0.25) is 0 Å². The summed E-state index contributed by atoms with van der Waals surface area (Å²) in [4.78, 5) is 4.69. The van der Waals surface area contributed by atoms with Crippen molar-refractivity contribution in [3.63, 3.8) is 0 Å². The Morgan fingerprint density at radius 1 is 1.50 bits per heavy atom. The number of hydrogen-bond donors (Lipinski definition) is 0. The van der Waals surface area contributed by atoms with Crippen molar-refractivity contribution >= 4 is 6.72 Å². The molecule has 0 saturated carbocycles. The van der Waals surface area contributed by atoms with Crippen LogP contribution in [0, 0.1) is 0 Å². The van der Waals surface area contributed by atoms with Crippen LogP contribution in [0.3, 0.4) is 0 Å². The van der Waals surface area contributed by atoms with E-state index in [4.69, 9.17) is 4.84 Å². The molecule has 0 aliphatic carbocycles. The summed E-state index contributed by atoms with van der Waals surface area (Å²) >= 11 is 0. The maximum atomic E-state index is 4.69. The number of nitrogens with zero attached hydrogens (tertiary/aromatic N) is 3. The van der Waals surface area contributed by atoms with E-state index >= 15 is 0 Å². The molecular weight excluding hydrogens is 106 g/mol. The number of hydrazine groups is 1. The first-order valence-electron chi connectivity index (χ1n) is 2.20. The summed E-state index contributed by atoms with van der Waals surface area (Å²) in [5, 5.41) is 6.42. The van der Waals surface area contributed by atoms with Crippen molar-refractivity contribution < 1.29 is 4.84 Å². The molecule has 0 aliphatic rings. The maximum Gasteiger partial charge on any atom is 0.0673 e. The van der Waals surface area contributed by atoms with E-state index in [-0.39, 0.29) is 0 Å². The van der Waals surface area contributed by atoms with Gasteiger partial charge in [0.15, 0.2) is 0 Å². The molecule has 0 aliphatic heterocycles. The molecule has 0 amide bonds. The van der Waals surface area contributed by atoms with Crippen LogP contribution in [0.15, 0.2) is 5.10 Å². The van der Waals surface area contributed by atoms with Gasteiger partial charge in [-0.2, -0.15) is 10.1 Å². The summed E-state index contributed by atoms with van der Waals surface area (Å²) in [6.45, 7) is 3.26. The average Bonchev–Trinajstić information content (AvgIpc) is 1.69. The zero-order valence-corrected chi connectivity index (χ0v) is 5.46. The van der Waals surface area contributed by atoms with Crippen LogP contribution < -0.4 is 0 Å². The van der Waals surface area contributed by atoms with Crippen molar-refractivity contribution in [3.05, 3.63) is 0 Å². The zero-order chi connectivity index (χ0) is 6.57. The van der Waals surface area contributed by atoms with Crippen LogP contribution in [0.25, 0.3) is 0 Å². The molecule has 0 aromatic carbocycles. The predicted octanol–water partition coefficient (Wildman–Crippen LogP) is -0.0580. The molecule has 4 heteroatoms. The van der Waals surface area contributed by atoms with Crippen molar-refractivity contribution in [1.82, 2.24) is 10.3 Å². The van der Waals surface area contributed by atoms with Gasteiger partial charge in [-0.25, -0.2) is 4.84 Å². The number of hydrogen-bond acceptors (Lipinski definition) is 4. The summed E-state index contributed by atoms with van der Waals surface area (Å²) in [6.07, 6.45) is 0. The molecule has 0 rings (SSSR count). The van der Waals surface area contributed by atoms with Crippen LogP contribution in [0.1, 0.15) is 0 Å². The topological polar surface area (TPSA) is 28.1 Å². The van der Waals surface area contributed by atoms with E-state index in [1.54, 1.807) is 19.1 Å². The molecule has 0 saturated heterocycles. The Bertz CT molecular complexity index is 73.7. The van der Waals surface area contributed by atoms with Gasteiger partial charge in [0, 0.05) is 20.8 Å². The normalized spacial score (nSPS) is 9.50. The van der Waals surface area contributed by atoms with E-state index in [0.717, 1.165) is 0 Å². The first-order chi connectivity index (χ1) is 3.72. The Hall–Kier alpha value is -0.610. The first kappa shape index (κ1) is 7.39. The highest BCUT2D eigenvalue weighted by molar-refractivity contribution is 5.21. The minimum absolute atomic E-state index is 1.26. The van der Waals surface area contributed by atoms with Gasteiger partial charge in [-0.1, -0.05) is 5.28 Å². The minimum atomic E-state index is 1.26. The maximum absolute atomic E-state index is 4.69.